The summed E-state index contributed by atoms with van der Waals surface area (Å²) in [5.74, 6) is -0.440. The van der Waals surface area contributed by atoms with Crippen molar-refractivity contribution < 1.29 is 27.8 Å². The van der Waals surface area contributed by atoms with Gasteiger partial charge >= 0.3 is 5.97 Å². The number of ether oxygens (including phenoxy) is 2. The number of carbonyl (C=O) groups is 1. The summed E-state index contributed by atoms with van der Waals surface area (Å²) in [5, 5.41) is 11.3. The van der Waals surface area contributed by atoms with Crippen LogP contribution in [-0.4, -0.2) is 31.8 Å². The number of rotatable bonds is 6. The average Bonchev–Trinajstić information content (AvgIpc) is 3.35. The number of sulfonamides is 1. The van der Waals surface area contributed by atoms with Crippen LogP contribution in [-0.2, 0) is 14.8 Å². The van der Waals surface area contributed by atoms with Crippen LogP contribution in [0.25, 0.3) is 10.8 Å². The van der Waals surface area contributed by atoms with E-state index in [0.29, 0.717) is 5.75 Å². The van der Waals surface area contributed by atoms with Gasteiger partial charge in [-0.15, -0.1) is 0 Å². The van der Waals surface area contributed by atoms with E-state index in [1.54, 1.807) is 30.3 Å². The third kappa shape index (κ3) is 3.62. The fourth-order valence-electron chi connectivity index (χ4n) is 4.41. The van der Waals surface area contributed by atoms with Crippen molar-refractivity contribution in [3.8, 4) is 11.5 Å². The molecule has 0 bridgehead atoms. The lowest BCUT2D eigenvalue weighted by Crippen LogP contribution is -2.44. The van der Waals surface area contributed by atoms with E-state index in [1.807, 2.05) is 18.2 Å². The second kappa shape index (κ2) is 7.55. The molecule has 2 aliphatic rings. The summed E-state index contributed by atoms with van der Waals surface area (Å²) >= 11 is 0. The minimum absolute atomic E-state index is 0.0369. The maximum absolute atomic E-state index is 12.9. The van der Waals surface area contributed by atoms with Crippen LogP contribution in [0.5, 0.6) is 11.5 Å². The molecule has 2 N–H and O–H groups in total. The Morgan fingerprint density at radius 2 is 1.87 bits per heavy atom. The first-order valence-electron chi connectivity index (χ1n) is 10.1. The largest absolute Gasteiger partial charge is 0.486 e. The van der Waals surface area contributed by atoms with Crippen molar-refractivity contribution in [2.75, 3.05) is 0 Å². The molecular formula is C23H21NO6S. The zero-order valence-corrected chi connectivity index (χ0v) is 17.3. The van der Waals surface area contributed by atoms with Crippen LogP contribution in [0, 0.1) is 0 Å². The number of fused-ring (bicyclic) bond motifs is 4. The van der Waals surface area contributed by atoms with Crippen molar-refractivity contribution in [2.45, 2.75) is 42.4 Å². The summed E-state index contributed by atoms with van der Waals surface area (Å²) in [6.07, 6.45) is 1.31. The van der Waals surface area contributed by atoms with Crippen molar-refractivity contribution in [2.24, 2.45) is 0 Å². The molecule has 1 heterocycles. The van der Waals surface area contributed by atoms with Crippen molar-refractivity contribution in [1.29, 1.82) is 0 Å². The zero-order valence-electron chi connectivity index (χ0n) is 16.5. The molecule has 5 rings (SSSR count). The molecular weight excluding hydrogens is 418 g/mol. The Morgan fingerprint density at radius 1 is 1.06 bits per heavy atom. The standard InChI is InChI=1S/C23H21NO6S/c25-23(26)22(24-31(27,28)16-12-11-14-5-1-2-6-15(14)13-16)30-20-10-4-8-18-17-7-3-9-19(17)29-21(18)20/h1-2,4-6,8,10-13,17,19,22,24H,3,7,9H2,(H,25,26). The van der Waals surface area contributed by atoms with E-state index in [0.717, 1.165) is 35.6 Å². The number of para-hydroxylation sites is 1. The van der Waals surface area contributed by atoms with Crippen LogP contribution in [0.15, 0.2) is 65.6 Å². The predicted molar refractivity (Wildman–Crippen MR) is 114 cm³/mol. The van der Waals surface area contributed by atoms with Gasteiger partial charge in [0.15, 0.2) is 11.5 Å². The Hall–Kier alpha value is -3.10. The Labute approximate surface area is 179 Å². The molecule has 3 aromatic rings. The average molecular weight is 439 g/mol. The molecule has 1 aliphatic carbocycles. The zero-order chi connectivity index (χ0) is 21.6. The Bertz CT molecular complexity index is 1270. The summed E-state index contributed by atoms with van der Waals surface area (Å²) in [6, 6.07) is 17.3. The van der Waals surface area contributed by atoms with E-state index >= 15 is 0 Å². The number of hydrogen-bond acceptors (Lipinski definition) is 5. The van der Waals surface area contributed by atoms with Crippen molar-refractivity contribution in [3.05, 3.63) is 66.2 Å². The monoisotopic (exact) mass is 439 g/mol. The van der Waals surface area contributed by atoms with E-state index < -0.39 is 22.2 Å². The number of hydrogen-bond donors (Lipinski definition) is 2. The van der Waals surface area contributed by atoms with Gasteiger partial charge < -0.3 is 14.6 Å². The lowest BCUT2D eigenvalue weighted by Gasteiger charge is -2.19. The Balaban J connectivity index is 1.42. The molecule has 7 nitrogen and oxygen atoms in total. The highest BCUT2D eigenvalue weighted by Crippen LogP contribution is 2.50. The molecule has 1 fully saturated rings. The maximum atomic E-state index is 12.9. The van der Waals surface area contributed by atoms with Gasteiger partial charge in [0.05, 0.1) is 4.90 Å². The lowest BCUT2D eigenvalue weighted by molar-refractivity contribution is -0.145. The minimum Gasteiger partial charge on any atom is -0.486 e. The normalized spacial score (nSPS) is 20.6. The van der Waals surface area contributed by atoms with E-state index in [1.165, 1.54) is 12.1 Å². The number of carboxylic acids is 1. The SMILES string of the molecule is O=C(O)C(NS(=O)(=O)c1ccc2ccccc2c1)Oc1cccc2c1OC1CCCC21. The van der Waals surface area contributed by atoms with Crippen molar-refractivity contribution in [3.63, 3.8) is 0 Å². The van der Waals surface area contributed by atoms with Crippen LogP contribution >= 0.6 is 0 Å². The van der Waals surface area contributed by atoms with Gasteiger partial charge in [0.2, 0.25) is 10.0 Å². The van der Waals surface area contributed by atoms with Gasteiger partial charge in [-0.25, -0.2) is 13.2 Å². The summed E-state index contributed by atoms with van der Waals surface area (Å²) in [5.41, 5.74) is 0.988. The molecule has 1 saturated carbocycles. The molecule has 0 amide bonds. The first kappa shape index (κ1) is 19.8. The van der Waals surface area contributed by atoms with Gasteiger partial charge in [-0.3, -0.25) is 0 Å². The first-order valence-corrected chi connectivity index (χ1v) is 11.6. The molecule has 8 heteroatoms. The van der Waals surface area contributed by atoms with Crippen LogP contribution in [0.3, 0.4) is 0 Å². The van der Waals surface area contributed by atoms with Crippen molar-refractivity contribution >= 4 is 26.8 Å². The topological polar surface area (TPSA) is 102 Å². The molecule has 0 radical (unpaired) electrons. The van der Waals surface area contributed by atoms with Crippen LogP contribution in [0.2, 0.25) is 0 Å². The van der Waals surface area contributed by atoms with Crippen LogP contribution in [0.1, 0.15) is 30.7 Å². The molecule has 31 heavy (non-hydrogen) atoms. The summed E-state index contributed by atoms with van der Waals surface area (Å²) in [4.78, 5) is 11.8. The van der Waals surface area contributed by atoms with E-state index in [2.05, 4.69) is 4.72 Å². The Morgan fingerprint density at radius 3 is 2.68 bits per heavy atom. The number of benzene rings is 3. The third-order valence-electron chi connectivity index (χ3n) is 5.89. The predicted octanol–water partition coefficient (Wildman–Crippen LogP) is 3.64. The summed E-state index contributed by atoms with van der Waals surface area (Å²) in [6.45, 7) is 0. The molecule has 3 unspecified atom stereocenters. The highest BCUT2D eigenvalue weighted by atomic mass is 32.2. The van der Waals surface area contributed by atoms with Crippen molar-refractivity contribution in [1.82, 2.24) is 4.72 Å². The summed E-state index contributed by atoms with van der Waals surface area (Å²) < 4.78 is 39.6. The first-order chi connectivity index (χ1) is 14.9. The quantitative estimate of drug-likeness (QED) is 0.569. The number of nitrogens with one attached hydrogen (secondary N) is 1. The highest BCUT2D eigenvalue weighted by molar-refractivity contribution is 7.89. The summed E-state index contributed by atoms with van der Waals surface area (Å²) in [7, 11) is -4.14. The van der Waals surface area contributed by atoms with Crippen LogP contribution < -0.4 is 14.2 Å². The second-order valence-electron chi connectivity index (χ2n) is 7.83. The second-order valence-corrected chi connectivity index (χ2v) is 9.55. The molecule has 3 aromatic carbocycles. The minimum atomic E-state index is -4.14. The van der Waals surface area contributed by atoms with Gasteiger partial charge in [0, 0.05) is 11.5 Å². The van der Waals surface area contributed by atoms with Gasteiger partial charge in [0.25, 0.3) is 6.23 Å². The smallest absolute Gasteiger partial charge is 0.361 e. The highest BCUT2D eigenvalue weighted by Gasteiger charge is 2.40. The third-order valence-corrected chi connectivity index (χ3v) is 7.29. The van der Waals surface area contributed by atoms with Gasteiger partial charge in [-0.1, -0.05) is 42.5 Å². The fourth-order valence-corrected chi connectivity index (χ4v) is 5.51. The van der Waals surface area contributed by atoms with Gasteiger partial charge in [-0.05, 0) is 48.2 Å². The van der Waals surface area contributed by atoms with E-state index in [4.69, 9.17) is 9.47 Å². The van der Waals surface area contributed by atoms with Gasteiger partial charge in [-0.2, -0.15) is 4.72 Å². The molecule has 0 saturated heterocycles. The van der Waals surface area contributed by atoms with E-state index in [-0.39, 0.29) is 22.7 Å². The molecule has 3 atom stereocenters. The molecule has 0 aromatic heterocycles. The lowest BCUT2D eigenvalue weighted by atomic mass is 9.97. The van der Waals surface area contributed by atoms with E-state index in [9.17, 15) is 18.3 Å². The molecule has 160 valence electrons. The van der Waals surface area contributed by atoms with Gasteiger partial charge in [0.1, 0.15) is 6.10 Å². The maximum Gasteiger partial charge on any atom is 0.361 e. The van der Waals surface area contributed by atoms with Crippen LogP contribution in [0.4, 0.5) is 0 Å². The molecule has 1 aliphatic heterocycles. The Kier molecular flexibility index (Phi) is 4.83. The molecule has 0 spiro atoms. The fraction of sp³-hybridized carbons (Fsp3) is 0.261. The number of aliphatic carboxylic acids is 1. The number of carboxylic acid groups (broad SMARTS) is 1.